The second kappa shape index (κ2) is 6.79. The Kier molecular flexibility index (Phi) is 4.81. The second-order valence-corrected chi connectivity index (χ2v) is 5.03. The average molecular weight is 273 g/mol. The number of carbonyl (C=O) groups excluding carboxylic acids is 1. The van der Waals surface area contributed by atoms with Crippen molar-refractivity contribution in [1.29, 1.82) is 0 Å². The van der Waals surface area contributed by atoms with E-state index in [1.54, 1.807) is 29.6 Å². The van der Waals surface area contributed by atoms with Gasteiger partial charge in [-0.05, 0) is 17.5 Å². The minimum Gasteiger partial charge on any atom is -0.349 e. The molecule has 0 aromatic carbocycles. The summed E-state index contributed by atoms with van der Waals surface area (Å²) in [6.07, 6.45) is 7.14. The lowest BCUT2D eigenvalue weighted by Gasteiger charge is -2.22. The number of hydrogen-bond acceptors (Lipinski definition) is 4. The van der Waals surface area contributed by atoms with E-state index in [4.69, 9.17) is 0 Å². The summed E-state index contributed by atoms with van der Waals surface area (Å²) in [6.45, 7) is 4.74. The fraction of sp³-hybridized carbons (Fsp3) is 0.429. The molecule has 6 heteroatoms. The normalized spacial score (nSPS) is 12.3. The van der Waals surface area contributed by atoms with Crippen LogP contribution in [-0.2, 0) is 11.3 Å². The number of carbonyl (C=O) groups is 1. The summed E-state index contributed by atoms with van der Waals surface area (Å²) in [6, 6.07) is 3.85. The standard InChI is InChI=1S/C14H19N5O/c1-11(2)14(12-4-3-6-15-8-12)18-13(20)5-7-19-9-16-17-10-19/h3-4,6,8-11,14H,5,7H2,1-2H3,(H,18,20)/t14-/m1/s1. The van der Waals surface area contributed by atoms with Crippen LogP contribution in [0.4, 0.5) is 0 Å². The lowest BCUT2D eigenvalue weighted by Crippen LogP contribution is -2.32. The highest BCUT2D eigenvalue weighted by atomic mass is 16.1. The van der Waals surface area contributed by atoms with Crippen LogP contribution in [0.25, 0.3) is 0 Å². The third-order valence-electron chi connectivity index (χ3n) is 3.09. The van der Waals surface area contributed by atoms with Crippen molar-refractivity contribution in [2.24, 2.45) is 5.92 Å². The maximum absolute atomic E-state index is 12.0. The van der Waals surface area contributed by atoms with E-state index < -0.39 is 0 Å². The number of aryl methyl sites for hydroxylation is 1. The Morgan fingerprint density at radius 2 is 2.10 bits per heavy atom. The number of aromatic nitrogens is 4. The van der Waals surface area contributed by atoms with E-state index in [-0.39, 0.29) is 11.9 Å². The average Bonchev–Trinajstić information content (AvgIpc) is 2.96. The van der Waals surface area contributed by atoms with Gasteiger partial charge >= 0.3 is 0 Å². The van der Waals surface area contributed by atoms with Crippen molar-refractivity contribution in [3.63, 3.8) is 0 Å². The van der Waals surface area contributed by atoms with Gasteiger partial charge in [0.25, 0.3) is 0 Å². The zero-order chi connectivity index (χ0) is 14.4. The first-order chi connectivity index (χ1) is 9.66. The van der Waals surface area contributed by atoms with Crippen LogP contribution < -0.4 is 5.32 Å². The molecule has 0 radical (unpaired) electrons. The van der Waals surface area contributed by atoms with E-state index in [0.29, 0.717) is 18.9 Å². The van der Waals surface area contributed by atoms with Crippen LogP contribution >= 0.6 is 0 Å². The summed E-state index contributed by atoms with van der Waals surface area (Å²) in [4.78, 5) is 16.2. The monoisotopic (exact) mass is 273 g/mol. The van der Waals surface area contributed by atoms with Gasteiger partial charge in [0.05, 0.1) is 6.04 Å². The van der Waals surface area contributed by atoms with Crippen molar-refractivity contribution in [3.8, 4) is 0 Å². The molecule has 1 N–H and O–H groups in total. The molecule has 2 heterocycles. The van der Waals surface area contributed by atoms with Gasteiger partial charge in [0.15, 0.2) is 0 Å². The van der Waals surface area contributed by atoms with E-state index in [1.165, 1.54) is 0 Å². The van der Waals surface area contributed by atoms with Gasteiger partial charge < -0.3 is 9.88 Å². The fourth-order valence-corrected chi connectivity index (χ4v) is 2.01. The summed E-state index contributed by atoms with van der Waals surface area (Å²) in [5.74, 6) is 0.319. The molecule has 0 aliphatic heterocycles. The van der Waals surface area contributed by atoms with E-state index in [2.05, 4.69) is 34.3 Å². The van der Waals surface area contributed by atoms with Gasteiger partial charge in [0.1, 0.15) is 12.7 Å². The van der Waals surface area contributed by atoms with Crippen molar-refractivity contribution < 1.29 is 4.79 Å². The molecule has 0 saturated carbocycles. The van der Waals surface area contributed by atoms with Gasteiger partial charge in [-0.1, -0.05) is 19.9 Å². The Hall–Kier alpha value is -2.24. The van der Waals surface area contributed by atoms with Gasteiger partial charge in [-0.3, -0.25) is 9.78 Å². The first kappa shape index (κ1) is 14.2. The molecule has 0 spiro atoms. The third kappa shape index (κ3) is 3.88. The van der Waals surface area contributed by atoms with Crippen molar-refractivity contribution in [1.82, 2.24) is 25.1 Å². The smallest absolute Gasteiger partial charge is 0.222 e. The lowest BCUT2D eigenvalue weighted by atomic mass is 9.97. The number of pyridine rings is 1. The number of nitrogens with zero attached hydrogens (tertiary/aromatic N) is 4. The maximum atomic E-state index is 12.0. The highest BCUT2D eigenvalue weighted by molar-refractivity contribution is 5.76. The second-order valence-electron chi connectivity index (χ2n) is 5.03. The molecule has 2 aromatic rings. The summed E-state index contributed by atoms with van der Waals surface area (Å²) >= 11 is 0. The summed E-state index contributed by atoms with van der Waals surface area (Å²) in [5, 5.41) is 10.5. The highest BCUT2D eigenvalue weighted by Crippen LogP contribution is 2.20. The molecule has 2 rings (SSSR count). The zero-order valence-corrected chi connectivity index (χ0v) is 11.7. The maximum Gasteiger partial charge on any atom is 0.222 e. The molecule has 0 aliphatic rings. The summed E-state index contributed by atoms with van der Waals surface area (Å²) in [7, 11) is 0. The molecule has 1 amide bonds. The number of hydrogen-bond donors (Lipinski definition) is 1. The molecule has 106 valence electrons. The molecular formula is C14H19N5O. The van der Waals surface area contributed by atoms with Crippen LogP contribution in [0.1, 0.15) is 31.9 Å². The van der Waals surface area contributed by atoms with Crippen LogP contribution in [0.15, 0.2) is 37.2 Å². The minimum absolute atomic E-state index is 0.0150. The molecule has 0 unspecified atom stereocenters. The molecular weight excluding hydrogens is 254 g/mol. The predicted molar refractivity (Wildman–Crippen MR) is 74.6 cm³/mol. The van der Waals surface area contributed by atoms with Gasteiger partial charge in [-0.2, -0.15) is 0 Å². The topological polar surface area (TPSA) is 72.7 Å². The lowest BCUT2D eigenvalue weighted by molar-refractivity contribution is -0.122. The quantitative estimate of drug-likeness (QED) is 0.867. The number of nitrogens with one attached hydrogen (secondary N) is 1. The molecule has 0 fully saturated rings. The summed E-state index contributed by atoms with van der Waals surface area (Å²) in [5.41, 5.74) is 1.03. The van der Waals surface area contributed by atoms with Gasteiger partial charge in [-0.25, -0.2) is 0 Å². The number of amides is 1. The summed E-state index contributed by atoms with van der Waals surface area (Å²) < 4.78 is 1.79. The largest absolute Gasteiger partial charge is 0.349 e. The van der Waals surface area contributed by atoms with Gasteiger partial charge in [-0.15, -0.1) is 10.2 Å². The molecule has 6 nitrogen and oxygen atoms in total. The van der Waals surface area contributed by atoms with Crippen LogP contribution in [0, 0.1) is 5.92 Å². The SMILES string of the molecule is CC(C)[C@@H](NC(=O)CCn1cnnc1)c1cccnc1. The van der Waals surface area contributed by atoms with Crippen LogP contribution in [0.3, 0.4) is 0 Å². The number of rotatable bonds is 6. The van der Waals surface area contributed by atoms with Crippen LogP contribution in [-0.4, -0.2) is 25.7 Å². The Labute approximate surface area is 118 Å². The van der Waals surface area contributed by atoms with Crippen molar-refractivity contribution in [2.75, 3.05) is 0 Å². The minimum atomic E-state index is -0.0166. The zero-order valence-electron chi connectivity index (χ0n) is 11.7. The Morgan fingerprint density at radius 1 is 1.35 bits per heavy atom. The molecule has 0 aliphatic carbocycles. The molecule has 20 heavy (non-hydrogen) atoms. The molecule has 0 bridgehead atoms. The third-order valence-corrected chi connectivity index (χ3v) is 3.09. The molecule has 2 aromatic heterocycles. The van der Waals surface area contributed by atoms with E-state index in [1.807, 2.05) is 12.1 Å². The Balaban J connectivity index is 1.93. The Morgan fingerprint density at radius 3 is 2.70 bits per heavy atom. The van der Waals surface area contributed by atoms with Gasteiger partial charge in [0.2, 0.25) is 5.91 Å². The van der Waals surface area contributed by atoms with E-state index in [9.17, 15) is 4.79 Å². The predicted octanol–water partition coefficient (Wildman–Crippen LogP) is 1.58. The first-order valence-electron chi connectivity index (χ1n) is 6.68. The van der Waals surface area contributed by atoms with Crippen LogP contribution in [0.5, 0.6) is 0 Å². The van der Waals surface area contributed by atoms with Crippen molar-refractivity contribution in [3.05, 3.63) is 42.7 Å². The Bertz CT molecular complexity index is 524. The highest BCUT2D eigenvalue weighted by Gasteiger charge is 2.18. The van der Waals surface area contributed by atoms with E-state index in [0.717, 1.165) is 5.56 Å². The van der Waals surface area contributed by atoms with Crippen LogP contribution in [0.2, 0.25) is 0 Å². The molecule has 1 atom stereocenters. The first-order valence-corrected chi connectivity index (χ1v) is 6.68. The fourth-order valence-electron chi connectivity index (χ4n) is 2.01. The van der Waals surface area contributed by atoms with Gasteiger partial charge in [0, 0.05) is 25.4 Å². The van der Waals surface area contributed by atoms with E-state index >= 15 is 0 Å². The molecule has 0 saturated heterocycles. The van der Waals surface area contributed by atoms with Crippen molar-refractivity contribution >= 4 is 5.91 Å². The van der Waals surface area contributed by atoms with Crippen molar-refractivity contribution in [2.45, 2.75) is 32.9 Å².